The Labute approximate surface area is 163 Å². The van der Waals surface area contributed by atoms with Crippen LogP contribution in [0.1, 0.15) is 41.5 Å². The number of hydrogen-bond donors (Lipinski definition) is 0. The van der Waals surface area contributed by atoms with Crippen molar-refractivity contribution in [2.24, 2.45) is 0 Å². The van der Waals surface area contributed by atoms with Crippen LogP contribution in [0.4, 0.5) is 0 Å². The molecule has 156 valence electrons. The first-order chi connectivity index (χ1) is 11.3. The van der Waals surface area contributed by atoms with Gasteiger partial charge in [0, 0.05) is 0 Å². The monoisotopic (exact) mass is 424 g/mol. The molecule has 0 N–H and O–H groups in total. The SMILES string of the molecule is CC(C)(C)[Si](C)(C)OCC(=CCOS(C)(=O)=O)CO[Si](C)(C)C(C)(C)C. The first kappa shape index (κ1) is 26.0. The topological polar surface area (TPSA) is 61.8 Å². The average Bonchev–Trinajstić information content (AvgIpc) is 2.37. The zero-order valence-corrected chi connectivity index (χ0v) is 21.5. The molecular weight excluding hydrogens is 384 g/mol. The highest BCUT2D eigenvalue weighted by molar-refractivity contribution is 7.85. The molecule has 0 radical (unpaired) electrons. The van der Waals surface area contributed by atoms with E-state index in [4.69, 9.17) is 13.0 Å². The van der Waals surface area contributed by atoms with Crippen molar-refractivity contribution in [1.82, 2.24) is 0 Å². The Bertz CT molecular complexity index is 550. The highest BCUT2D eigenvalue weighted by Crippen LogP contribution is 2.38. The summed E-state index contributed by atoms with van der Waals surface area (Å²) in [6.07, 6.45) is 2.83. The van der Waals surface area contributed by atoms with Crippen molar-refractivity contribution in [2.45, 2.75) is 77.8 Å². The Balaban J connectivity index is 5.16. The Kier molecular flexibility index (Phi) is 9.00. The van der Waals surface area contributed by atoms with Gasteiger partial charge >= 0.3 is 0 Å². The third kappa shape index (κ3) is 9.28. The van der Waals surface area contributed by atoms with Gasteiger partial charge in [-0.25, -0.2) is 0 Å². The van der Waals surface area contributed by atoms with Gasteiger partial charge in [-0.05, 0) is 41.8 Å². The summed E-state index contributed by atoms with van der Waals surface area (Å²) in [6, 6.07) is 0. The fourth-order valence-corrected chi connectivity index (χ4v) is 3.69. The second-order valence-corrected chi connectivity index (χ2v) is 21.2. The lowest BCUT2D eigenvalue weighted by atomic mass is 10.2. The molecule has 8 heteroatoms. The summed E-state index contributed by atoms with van der Waals surface area (Å²) < 4.78 is 39.9. The van der Waals surface area contributed by atoms with E-state index in [2.05, 4.69) is 67.7 Å². The summed E-state index contributed by atoms with van der Waals surface area (Å²) in [4.78, 5) is 0. The van der Waals surface area contributed by atoms with Crippen LogP contribution in [0, 0.1) is 0 Å². The molecule has 0 aromatic rings. The van der Waals surface area contributed by atoms with Crippen molar-refractivity contribution >= 4 is 26.8 Å². The Morgan fingerprint density at radius 2 is 1.19 bits per heavy atom. The maximum atomic E-state index is 11.2. The summed E-state index contributed by atoms with van der Waals surface area (Å²) >= 11 is 0. The number of rotatable bonds is 9. The first-order valence-electron chi connectivity index (χ1n) is 9.09. The van der Waals surface area contributed by atoms with Crippen LogP contribution < -0.4 is 0 Å². The van der Waals surface area contributed by atoms with Crippen LogP contribution in [0.2, 0.25) is 36.3 Å². The second-order valence-electron chi connectivity index (χ2n) is 9.95. The van der Waals surface area contributed by atoms with Crippen LogP contribution in [0.3, 0.4) is 0 Å². The highest BCUT2D eigenvalue weighted by Gasteiger charge is 2.38. The van der Waals surface area contributed by atoms with E-state index < -0.39 is 26.8 Å². The molecule has 0 aromatic heterocycles. The average molecular weight is 425 g/mol. The van der Waals surface area contributed by atoms with Crippen molar-refractivity contribution in [3.63, 3.8) is 0 Å². The molecule has 0 rings (SSSR count). The van der Waals surface area contributed by atoms with Crippen LogP contribution in [0.5, 0.6) is 0 Å². The van der Waals surface area contributed by atoms with Gasteiger partial charge in [0.15, 0.2) is 16.6 Å². The molecule has 0 aromatic carbocycles. The molecule has 0 aliphatic rings. The lowest BCUT2D eigenvalue weighted by Crippen LogP contribution is -2.43. The van der Waals surface area contributed by atoms with E-state index in [9.17, 15) is 8.42 Å². The van der Waals surface area contributed by atoms with Crippen molar-refractivity contribution in [3.8, 4) is 0 Å². The molecule has 5 nitrogen and oxygen atoms in total. The summed E-state index contributed by atoms with van der Waals surface area (Å²) in [6.45, 7) is 22.9. The third-order valence-electron chi connectivity index (χ3n) is 5.50. The Morgan fingerprint density at radius 3 is 1.46 bits per heavy atom. The van der Waals surface area contributed by atoms with E-state index in [0.717, 1.165) is 11.8 Å². The van der Waals surface area contributed by atoms with E-state index in [1.807, 2.05) is 0 Å². The van der Waals surface area contributed by atoms with Crippen LogP contribution >= 0.6 is 0 Å². The van der Waals surface area contributed by atoms with E-state index in [-0.39, 0.29) is 16.7 Å². The fraction of sp³-hybridized carbons (Fsp3) is 0.889. The van der Waals surface area contributed by atoms with Gasteiger partial charge in [0.1, 0.15) is 0 Å². The van der Waals surface area contributed by atoms with E-state index in [0.29, 0.717) is 13.2 Å². The minimum Gasteiger partial charge on any atom is -0.413 e. The highest BCUT2D eigenvalue weighted by atomic mass is 32.2. The smallest absolute Gasteiger partial charge is 0.264 e. The predicted molar refractivity (Wildman–Crippen MR) is 115 cm³/mol. The number of hydrogen-bond acceptors (Lipinski definition) is 5. The third-order valence-corrected chi connectivity index (χ3v) is 15.0. The first-order valence-corrected chi connectivity index (χ1v) is 16.7. The predicted octanol–water partition coefficient (Wildman–Crippen LogP) is 4.93. The van der Waals surface area contributed by atoms with Crippen molar-refractivity contribution in [2.75, 3.05) is 26.1 Å². The van der Waals surface area contributed by atoms with Crippen LogP contribution in [0.25, 0.3) is 0 Å². The van der Waals surface area contributed by atoms with Crippen LogP contribution in [-0.2, 0) is 23.2 Å². The van der Waals surface area contributed by atoms with Gasteiger partial charge in [-0.3, -0.25) is 4.18 Å². The lowest BCUT2D eigenvalue weighted by molar-refractivity contribution is 0.268. The Morgan fingerprint density at radius 1 is 0.846 bits per heavy atom. The van der Waals surface area contributed by atoms with Gasteiger partial charge in [0.2, 0.25) is 0 Å². The van der Waals surface area contributed by atoms with Gasteiger partial charge in [-0.1, -0.05) is 47.6 Å². The molecule has 26 heavy (non-hydrogen) atoms. The van der Waals surface area contributed by atoms with Crippen molar-refractivity contribution in [1.29, 1.82) is 0 Å². The van der Waals surface area contributed by atoms with Gasteiger partial charge in [-0.2, -0.15) is 8.42 Å². The maximum Gasteiger partial charge on any atom is 0.264 e. The normalized spacial score (nSPS) is 14.4. The zero-order valence-electron chi connectivity index (χ0n) is 18.6. The second kappa shape index (κ2) is 9.00. The van der Waals surface area contributed by atoms with Crippen LogP contribution in [-0.4, -0.2) is 51.1 Å². The summed E-state index contributed by atoms with van der Waals surface area (Å²) in [5.41, 5.74) is 0.934. The molecule has 0 bridgehead atoms. The van der Waals surface area contributed by atoms with Gasteiger partial charge < -0.3 is 8.85 Å². The van der Waals surface area contributed by atoms with Crippen molar-refractivity contribution < 1.29 is 21.5 Å². The fourth-order valence-electron chi connectivity index (χ4n) is 1.41. The molecule has 0 saturated carbocycles. The van der Waals surface area contributed by atoms with Crippen LogP contribution in [0.15, 0.2) is 11.6 Å². The largest absolute Gasteiger partial charge is 0.413 e. The molecule has 0 aliphatic carbocycles. The van der Waals surface area contributed by atoms with Gasteiger partial charge in [0.05, 0.1) is 26.1 Å². The van der Waals surface area contributed by atoms with E-state index in [1.54, 1.807) is 6.08 Å². The molecule has 0 spiro atoms. The zero-order chi connectivity index (χ0) is 21.0. The van der Waals surface area contributed by atoms with E-state index in [1.165, 1.54) is 0 Å². The minimum absolute atomic E-state index is 0.00981. The Hall–Kier alpha value is 0.00377. The van der Waals surface area contributed by atoms with E-state index >= 15 is 0 Å². The molecular formula is C18H40O5SSi2. The molecule has 0 saturated heterocycles. The molecule has 0 fully saturated rings. The van der Waals surface area contributed by atoms with Gasteiger partial charge in [0.25, 0.3) is 10.1 Å². The quantitative estimate of drug-likeness (QED) is 0.298. The molecule has 0 unspecified atom stereocenters. The van der Waals surface area contributed by atoms with Crippen molar-refractivity contribution in [3.05, 3.63) is 11.6 Å². The summed E-state index contributed by atoms with van der Waals surface area (Å²) in [5.74, 6) is 0. The summed E-state index contributed by atoms with van der Waals surface area (Å²) in [7, 11) is -7.26. The maximum absolute atomic E-state index is 11.2. The molecule has 0 atom stereocenters. The summed E-state index contributed by atoms with van der Waals surface area (Å²) in [5, 5.41) is 0.226. The lowest BCUT2D eigenvalue weighted by Gasteiger charge is -2.38. The molecule has 0 heterocycles. The minimum atomic E-state index is -3.46. The molecule has 0 aliphatic heterocycles. The molecule has 0 amide bonds. The standard InChI is InChI=1S/C18H40O5SSi2/c1-17(2,3)25(8,9)22-14-16(12-13-21-24(7,19)20)15-23-26(10,11)18(4,5)6/h12H,13-15H2,1-11H3. The van der Waals surface area contributed by atoms with Gasteiger partial charge in [-0.15, -0.1) is 0 Å².